The predicted octanol–water partition coefficient (Wildman–Crippen LogP) is 7.55. The minimum absolute atomic E-state index is 0. The molecule has 0 saturated carbocycles. The second-order valence-corrected chi connectivity index (χ2v) is 15.0. The second kappa shape index (κ2) is 11.5. The summed E-state index contributed by atoms with van der Waals surface area (Å²) in [5.41, 5.74) is 7.06. The van der Waals surface area contributed by atoms with E-state index in [0.717, 1.165) is 33.3 Å². The largest absolute Gasteiger partial charge is 0.499 e. The third-order valence-corrected chi connectivity index (χ3v) is 8.04. The summed E-state index contributed by atoms with van der Waals surface area (Å²) < 4.78 is 28.7. The number of furan rings is 1. The third kappa shape index (κ3) is 5.83. The number of pyridine rings is 3. The molecule has 38 heavy (non-hydrogen) atoms. The first-order valence-electron chi connectivity index (χ1n) is 13.6. The van der Waals surface area contributed by atoms with Gasteiger partial charge in [-0.15, -0.1) is 53.2 Å². The van der Waals surface area contributed by atoms with Crippen LogP contribution in [0.25, 0.3) is 44.6 Å². The molecule has 6 aromatic rings. The van der Waals surface area contributed by atoms with Crippen LogP contribution in [0.1, 0.15) is 15.2 Å². The monoisotopic (exact) mass is 695 g/mol. The molecule has 4 aromatic heterocycles. The first kappa shape index (κ1) is 23.7. The van der Waals surface area contributed by atoms with E-state index in [2.05, 4.69) is 52.8 Å². The molecule has 0 bridgehead atoms. The van der Waals surface area contributed by atoms with Crippen molar-refractivity contribution >= 4 is 35.3 Å². The minimum atomic E-state index is -2.17. The van der Waals surface area contributed by atoms with Crippen molar-refractivity contribution in [3.8, 4) is 22.5 Å². The molecule has 0 aliphatic carbocycles. The molecule has 0 spiro atoms. The van der Waals surface area contributed by atoms with Crippen LogP contribution < -0.4 is 5.19 Å². The molecule has 193 valence electrons. The minimum Gasteiger partial charge on any atom is -0.499 e. The van der Waals surface area contributed by atoms with E-state index in [1.54, 1.807) is 18.3 Å². The Balaban J connectivity index is 0.000000233. The number of hydrogen-bond acceptors (Lipinski definition) is 4. The summed E-state index contributed by atoms with van der Waals surface area (Å²) in [7, 11) is -1.66. The fraction of sp³-hybridized carbons (Fsp3) is 0.156. The molecule has 0 aliphatic rings. The summed E-state index contributed by atoms with van der Waals surface area (Å²) in [6, 6.07) is 27.5. The van der Waals surface area contributed by atoms with Crippen LogP contribution in [0.15, 0.2) is 89.7 Å². The molecular weight excluding hydrogens is 663 g/mol. The molecule has 0 N–H and O–H groups in total. The van der Waals surface area contributed by atoms with Gasteiger partial charge in [0.05, 0.1) is 11.1 Å². The molecule has 6 heteroatoms. The zero-order valence-corrected chi connectivity index (χ0v) is 25.1. The van der Waals surface area contributed by atoms with Crippen LogP contribution in [0, 0.1) is 25.9 Å². The third-order valence-electron chi connectivity index (χ3n) is 6.03. The van der Waals surface area contributed by atoms with E-state index in [0.29, 0.717) is 11.3 Å². The number of benzene rings is 2. The summed E-state index contributed by atoms with van der Waals surface area (Å²) >= 11 is 0. The molecule has 0 fully saturated rings. The summed E-state index contributed by atoms with van der Waals surface area (Å²) in [5, 5.41) is 2.25. The Morgan fingerprint density at radius 2 is 1.61 bits per heavy atom. The van der Waals surface area contributed by atoms with E-state index >= 15 is 0 Å². The van der Waals surface area contributed by atoms with Crippen LogP contribution >= 0.6 is 0 Å². The number of fused-ring (bicyclic) bond motifs is 3. The standard InChI is InChI=1S/C20H19N2OSi.C12H10N.Ir/c1-13-7-9-15(22-12-13)14-8-10-17(24(2,3)4)18-19-16(23-20(14)18)6-5-11-21-19;1-10-7-8-12(13-9-10)11-5-3-2-4-6-11;/h5-7,9-12H,1-4H3;2-5,7-9H,1H3;/q2*-1;/i1D3;;. The van der Waals surface area contributed by atoms with Gasteiger partial charge in [0.2, 0.25) is 0 Å². The topological polar surface area (TPSA) is 51.8 Å². The maximum atomic E-state index is 7.51. The van der Waals surface area contributed by atoms with Crippen LogP contribution in [0.4, 0.5) is 0 Å². The van der Waals surface area contributed by atoms with E-state index in [-0.39, 0.29) is 25.7 Å². The van der Waals surface area contributed by atoms with Gasteiger partial charge in [0.15, 0.2) is 0 Å². The van der Waals surface area contributed by atoms with E-state index in [1.165, 1.54) is 16.9 Å². The molecule has 0 aliphatic heterocycles. The molecule has 6 rings (SSSR count). The molecule has 0 amide bonds. The van der Waals surface area contributed by atoms with Crippen LogP contribution in [0.5, 0.6) is 0 Å². The predicted molar refractivity (Wildman–Crippen MR) is 155 cm³/mol. The average Bonchev–Trinajstić information content (AvgIpc) is 3.32. The SMILES string of the molecule is Cc1ccc(-c2[c-]cccc2)nc1.[2H]C([2H])([2H])c1ccc(-c2[c-]cc([Si](C)(C)C)c3c2oc2cccnc23)nc1.[Ir]. The molecule has 0 saturated heterocycles. The van der Waals surface area contributed by atoms with Crippen LogP contribution in [-0.2, 0) is 20.1 Å². The Morgan fingerprint density at radius 3 is 2.26 bits per heavy atom. The maximum absolute atomic E-state index is 7.51. The van der Waals surface area contributed by atoms with Crippen molar-refractivity contribution in [2.24, 2.45) is 0 Å². The van der Waals surface area contributed by atoms with E-state index < -0.39 is 14.9 Å². The van der Waals surface area contributed by atoms with Crippen molar-refractivity contribution in [3.05, 3.63) is 109 Å². The smallest absolute Gasteiger partial charge is 0.139 e. The van der Waals surface area contributed by atoms with Gasteiger partial charge in [-0.05, 0) is 53.8 Å². The van der Waals surface area contributed by atoms with E-state index in [9.17, 15) is 0 Å². The van der Waals surface area contributed by atoms with Crippen molar-refractivity contribution in [1.82, 2.24) is 15.0 Å². The van der Waals surface area contributed by atoms with Crippen molar-refractivity contribution in [2.45, 2.75) is 33.4 Å². The maximum Gasteiger partial charge on any atom is 0.139 e. The van der Waals surface area contributed by atoms with Gasteiger partial charge in [-0.1, -0.05) is 49.5 Å². The molecule has 4 nitrogen and oxygen atoms in total. The fourth-order valence-electron chi connectivity index (χ4n) is 4.14. The van der Waals surface area contributed by atoms with E-state index in [1.807, 2.05) is 61.7 Å². The van der Waals surface area contributed by atoms with Gasteiger partial charge in [0.25, 0.3) is 0 Å². The number of nitrogens with zero attached hydrogens (tertiary/aromatic N) is 3. The number of rotatable bonds is 3. The summed E-state index contributed by atoms with van der Waals surface area (Å²) in [6.45, 7) is 6.70. The Labute approximate surface area is 242 Å². The van der Waals surface area contributed by atoms with Crippen molar-refractivity contribution in [3.63, 3.8) is 0 Å². The van der Waals surface area contributed by atoms with Gasteiger partial charge in [0, 0.05) is 50.9 Å². The Bertz CT molecular complexity index is 1760. The van der Waals surface area contributed by atoms with Crippen LogP contribution in [0.2, 0.25) is 19.6 Å². The zero-order chi connectivity index (χ0) is 28.5. The average molecular weight is 695 g/mol. The second-order valence-electron chi connectivity index (χ2n) is 9.91. The van der Waals surface area contributed by atoms with Crippen LogP contribution in [0.3, 0.4) is 0 Å². The summed E-state index contributed by atoms with van der Waals surface area (Å²) in [4.78, 5) is 13.2. The van der Waals surface area contributed by atoms with Gasteiger partial charge in [0.1, 0.15) is 5.58 Å². The Morgan fingerprint density at radius 1 is 0.842 bits per heavy atom. The van der Waals surface area contributed by atoms with Gasteiger partial charge in [-0.3, -0.25) is 4.98 Å². The quantitative estimate of drug-likeness (QED) is 0.142. The molecule has 0 unspecified atom stereocenters. The van der Waals surface area contributed by atoms with Gasteiger partial charge >= 0.3 is 0 Å². The molecule has 1 radical (unpaired) electrons. The fourth-order valence-corrected chi connectivity index (χ4v) is 5.63. The summed E-state index contributed by atoms with van der Waals surface area (Å²) in [6.07, 6.45) is 5.04. The molecular formula is C32H29IrN3OSi-2. The molecule has 2 aromatic carbocycles. The first-order valence-corrected chi connectivity index (χ1v) is 15.6. The van der Waals surface area contributed by atoms with E-state index in [4.69, 9.17) is 8.53 Å². The first-order chi connectivity index (χ1) is 19.0. The number of hydrogen-bond donors (Lipinski definition) is 0. The Kier molecular flexibility index (Phi) is 7.17. The molecule has 4 heterocycles. The van der Waals surface area contributed by atoms with Gasteiger partial charge in [-0.25, -0.2) is 0 Å². The van der Waals surface area contributed by atoms with Gasteiger partial charge < -0.3 is 14.4 Å². The normalized spacial score (nSPS) is 12.6. The Hall–Kier alpha value is -3.44. The number of aryl methyl sites for hydroxylation is 2. The molecule has 0 atom stereocenters. The summed E-state index contributed by atoms with van der Waals surface area (Å²) in [5.74, 6) is 0. The zero-order valence-electron chi connectivity index (χ0n) is 24.7. The van der Waals surface area contributed by atoms with Gasteiger partial charge in [-0.2, -0.15) is 0 Å². The van der Waals surface area contributed by atoms with Crippen molar-refractivity contribution < 1.29 is 28.6 Å². The number of aromatic nitrogens is 3. The van der Waals surface area contributed by atoms with Crippen LogP contribution in [-0.4, -0.2) is 23.0 Å². The van der Waals surface area contributed by atoms with Crippen molar-refractivity contribution in [2.75, 3.05) is 0 Å². The van der Waals surface area contributed by atoms with Crippen molar-refractivity contribution in [1.29, 1.82) is 0 Å².